The van der Waals surface area contributed by atoms with Crippen LogP contribution in [0.25, 0.3) is 0 Å². The van der Waals surface area contributed by atoms with Crippen molar-refractivity contribution in [2.45, 2.75) is 27.2 Å². The van der Waals surface area contributed by atoms with Crippen molar-refractivity contribution in [3.05, 3.63) is 0 Å². The van der Waals surface area contributed by atoms with Gasteiger partial charge in [0.25, 0.3) is 0 Å². The molecule has 2 unspecified atom stereocenters. The van der Waals surface area contributed by atoms with Gasteiger partial charge in [0.05, 0.1) is 0 Å². The molecule has 0 aromatic rings. The Kier molecular flexibility index (Phi) is 0.675. The molecule has 0 amide bonds. The van der Waals surface area contributed by atoms with E-state index in [9.17, 15) is 4.79 Å². The van der Waals surface area contributed by atoms with Gasteiger partial charge in [0.15, 0.2) is 0 Å². The summed E-state index contributed by atoms with van der Waals surface area (Å²) >= 11 is 0. The topological polar surface area (TPSA) is 17.1 Å². The van der Waals surface area contributed by atoms with Crippen LogP contribution in [-0.2, 0) is 4.79 Å². The molecule has 0 aliphatic heterocycles. The molecule has 4 bridgehead atoms. The van der Waals surface area contributed by atoms with Gasteiger partial charge in [0.2, 0.25) is 0 Å². The Hall–Kier alpha value is -0.330. The maximum atomic E-state index is 11.7. The van der Waals surface area contributed by atoms with Gasteiger partial charge < -0.3 is 0 Å². The molecule has 0 aromatic heterocycles. The second kappa shape index (κ2) is 1.19. The number of carbonyl (C=O) groups excluding carboxylic acids is 1. The van der Waals surface area contributed by atoms with Gasteiger partial charge in [-0.3, -0.25) is 4.79 Å². The molecular weight excluding hydrogens is 136 g/mol. The van der Waals surface area contributed by atoms with Crippen LogP contribution >= 0.6 is 0 Å². The van der Waals surface area contributed by atoms with E-state index >= 15 is 0 Å². The third-order valence-electron chi connectivity index (χ3n) is 4.91. The van der Waals surface area contributed by atoms with Crippen LogP contribution in [0.15, 0.2) is 0 Å². The maximum absolute atomic E-state index is 11.7. The van der Waals surface area contributed by atoms with E-state index < -0.39 is 0 Å². The molecule has 0 radical (unpaired) electrons. The maximum Gasteiger partial charge on any atom is 0.142 e. The van der Waals surface area contributed by atoms with Crippen molar-refractivity contribution < 1.29 is 4.79 Å². The van der Waals surface area contributed by atoms with Crippen molar-refractivity contribution in [2.24, 2.45) is 28.6 Å². The Bertz CT molecular complexity index is 266. The van der Waals surface area contributed by atoms with Gasteiger partial charge in [-0.05, 0) is 23.7 Å². The summed E-state index contributed by atoms with van der Waals surface area (Å²) in [4.78, 5) is 11.7. The fourth-order valence-corrected chi connectivity index (χ4v) is 3.86. The molecule has 4 fully saturated rings. The zero-order valence-electron chi connectivity index (χ0n) is 7.35. The van der Waals surface area contributed by atoms with Crippen LogP contribution in [0, 0.1) is 28.6 Å². The number of carbonyl (C=O) groups is 1. The Labute approximate surface area is 67.2 Å². The summed E-state index contributed by atoms with van der Waals surface area (Å²) in [5, 5.41) is 0. The highest BCUT2D eigenvalue weighted by molar-refractivity contribution is 5.97. The van der Waals surface area contributed by atoms with Gasteiger partial charge >= 0.3 is 0 Å². The summed E-state index contributed by atoms with van der Waals surface area (Å²) in [5.41, 5.74) is 0.381. The normalized spacial score (nSPS) is 62.1. The molecule has 0 saturated heterocycles. The van der Waals surface area contributed by atoms with Gasteiger partial charge in [-0.2, -0.15) is 0 Å². The van der Waals surface area contributed by atoms with E-state index in [1.54, 1.807) is 0 Å². The number of hydrogen-bond acceptors (Lipinski definition) is 1. The molecule has 0 spiro atoms. The standard InChI is InChI=1S/C10H14O/c1-9(2)7-5-4-10(9,3)8(11)6(5)7/h5-7H,4H2,1-3H3/t5?,6?,7-,10+/m0/s1. The van der Waals surface area contributed by atoms with Crippen LogP contribution < -0.4 is 0 Å². The third-order valence-corrected chi connectivity index (χ3v) is 4.91. The molecule has 4 rings (SSSR count). The van der Waals surface area contributed by atoms with Crippen LogP contribution in [0.3, 0.4) is 0 Å². The van der Waals surface area contributed by atoms with Crippen molar-refractivity contribution >= 4 is 5.78 Å². The van der Waals surface area contributed by atoms with Crippen molar-refractivity contribution in [3.8, 4) is 0 Å². The minimum absolute atomic E-state index is 0.0625. The molecule has 4 saturated carbocycles. The van der Waals surface area contributed by atoms with E-state index in [-0.39, 0.29) is 5.41 Å². The van der Waals surface area contributed by atoms with Gasteiger partial charge in [0, 0.05) is 11.3 Å². The SMILES string of the molecule is CC1(C)[C@H]2C3C[C@]1(C)C(=O)C32. The fourth-order valence-electron chi connectivity index (χ4n) is 3.86. The highest BCUT2D eigenvalue weighted by atomic mass is 16.1. The Balaban J connectivity index is 2.23. The Morgan fingerprint density at radius 2 is 2.00 bits per heavy atom. The second-order valence-electron chi connectivity index (χ2n) is 5.34. The van der Waals surface area contributed by atoms with Gasteiger partial charge in [-0.25, -0.2) is 0 Å². The van der Waals surface area contributed by atoms with Crippen LogP contribution in [0.5, 0.6) is 0 Å². The van der Waals surface area contributed by atoms with Crippen LogP contribution in [0.4, 0.5) is 0 Å². The summed E-state index contributed by atoms with van der Waals surface area (Å²) in [6, 6.07) is 0. The van der Waals surface area contributed by atoms with Gasteiger partial charge in [0.1, 0.15) is 5.78 Å². The lowest BCUT2D eigenvalue weighted by Crippen LogP contribution is -2.32. The highest BCUT2D eigenvalue weighted by Gasteiger charge is 2.82. The number of rotatable bonds is 0. The first-order chi connectivity index (χ1) is 5.00. The molecule has 4 aliphatic carbocycles. The molecule has 0 N–H and O–H groups in total. The molecule has 1 heteroatoms. The number of hydrogen-bond donors (Lipinski definition) is 0. The first-order valence-electron chi connectivity index (χ1n) is 4.54. The van der Waals surface area contributed by atoms with Crippen molar-refractivity contribution in [1.29, 1.82) is 0 Å². The van der Waals surface area contributed by atoms with Crippen LogP contribution in [0.1, 0.15) is 27.2 Å². The lowest BCUT2D eigenvalue weighted by Gasteiger charge is -2.32. The predicted octanol–water partition coefficient (Wildman–Crippen LogP) is 1.87. The average Bonchev–Trinajstić information content (AvgIpc) is 2.43. The quantitative estimate of drug-likeness (QED) is 0.515. The minimum Gasteiger partial charge on any atom is -0.299 e. The largest absolute Gasteiger partial charge is 0.299 e. The number of Topliss-reactive ketones (excluding diaryl/α,β-unsaturated/α-hetero) is 1. The van der Waals surface area contributed by atoms with E-state index in [1.165, 1.54) is 6.42 Å². The van der Waals surface area contributed by atoms with E-state index in [2.05, 4.69) is 20.8 Å². The monoisotopic (exact) mass is 150 g/mol. The Morgan fingerprint density at radius 1 is 1.36 bits per heavy atom. The molecule has 0 aromatic carbocycles. The molecule has 0 heterocycles. The van der Waals surface area contributed by atoms with Gasteiger partial charge in [-0.1, -0.05) is 20.8 Å². The van der Waals surface area contributed by atoms with E-state index in [0.29, 0.717) is 17.1 Å². The second-order valence-corrected chi connectivity index (χ2v) is 5.34. The smallest absolute Gasteiger partial charge is 0.142 e. The zero-order chi connectivity index (χ0) is 8.02. The van der Waals surface area contributed by atoms with Crippen molar-refractivity contribution in [1.82, 2.24) is 0 Å². The summed E-state index contributed by atoms with van der Waals surface area (Å²) < 4.78 is 0. The molecule has 1 nitrogen and oxygen atoms in total. The summed E-state index contributed by atoms with van der Waals surface area (Å²) in [5.74, 6) is 2.63. The molecule has 60 valence electrons. The first-order valence-corrected chi connectivity index (χ1v) is 4.54. The van der Waals surface area contributed by atoms with E-state index in [4.69, 9.17) is 0 Å². The lowest BCUT2D eigenvalue weighted by atomic mass is 9.70. The number of ketones is 1. The van der Waals surface area contributed by atoms with Gasteiger partial charge in [-0.15, -0.1) is 0 Å². The summed E-state index contributed by atoms with van der Waals surface area (Å²) in [6.45, 7) is 6.74. The van der Waals surface area contributed by atoms with E-state index in [0.717, 1.165) is 11.8 Å². The van der Waals surface area contributed by atoms with Crippen molar-refractivity contribution in [3.63, 3.8) is 0 Å². The third kappa shape index (κ3) is 0.361. The zero-order valence-corrected chi connectivity index (χ0v) is 7.35. The fraction of sp³-hybridized carbons (Fsp3) is 0.900. The Morgan fingerprint density at radius 3 is 2.09 bits per heavy atom. The summed E-state index contributed by atoms with van der Waals surface area (Å²) in [7, 11) is 0. The molecule has 4 aliphatic rings. The molecule has 4 atom stereocenters. The highest BCUT2D eigenvalue weighted by Crippen LogP contribution is 2.81. The van der Waals surface area contributed by atoms with E-state index in [1.807, 2.05) is 0 Å². The predicted molar refractivity (Wildman–Crippen MR) is 42.0 cm³/mol. The molecule has 11 heavy (non-hydrogen) atoms. The van der Waals surface area contributed by atoms with Crippen LogP contribution in [0.2, 0.25) is 0 Å². The average molecular weight is 150 g/mol. The van der Waals surface area contributed by atoms with Crippen LogP contribution in [-0.4, -0.2) is 5.78 Å². The first kappa shape index (κ1) is 6.22. The lowest BCUT2D eigenvalue weighted by molar-refractivity contribution is -0.127. The van der Waals surface area contributed by atoms with Crippen molar-refractivity contribution in [2.75, 3.05) is 0 Å². The minimum atomic E-state index is 0.0625. The molecular formula is C10H14O. The summed E-state index contributed by atoms with van der Waals surface area (Å²) in [6.07, 6.45) is 1.19.